The Bertz CT molecular complexity index is 174. The topological polar surface area (TPSA) is 72.5 Å². The average Bonchev–Trinajstić information content (AvgIpc) is 2.26. The molecule has 96 valence electrons. The summed E-state index contributed by atoms with van der Waals surface area (Å²) in [4.78, 5) is 10.4. The number of ether oxygens (including phenoxy) is 1. The van der Waals surface area contributed by atoms with Gasteiger partial charge in [-0.1, -0.05) is 39.0 Å². The lowest BCUT2D eigenvalue weighted by atomic mass is 10.1. The van der Waals surface area contributed by atoms with Crippen molar-refractivity contribution in [3.8, 4) is 0 Å². The van der Waals surface area contributed by atoms with Crippen molar-refractivity contribution >= 4 is 5.97 Å². The van der Waals surface area contributed by atoms with Crippen LogP contribution in [-0.2, 0) is 9.53 Å². The maximum Gasteiger partial charge on any atom is 0.320 e. The highest BCUT2D eigenvalue weighted by atomic mass is 16.5. The van der Waals surface area contributed by atoms with Crippen molar-refractivity contribution in [3.05, 3.63) is 0 Å². The highest BCUT2D eigenvalue weighted by molar-refractivity contribution is 5.72. The van der Waals surface area contributed by atoms with Crippen LogP contribution in [0, 0.1) is 0 Å². The van der Waals surface area contributed by atoms with Gasteiger partial charge in [-0.15, -0.1) is 0 Å². The third-order valence-corrected chi connectivity index (χ3v) is 2.53. The van der Waals surface area contributed by atoms with Crippen molar-refractivity contribution in [1.29, 1.82) is 0 Å². The van der Waals surface area contributed by atoms with Crippen molar-refractivity contribution in [2.24, 2.45) is 5.73 Å². The molecule has 0 aliphatic carbocycles. The summed E-state index contributed by atoms with van der Waals surface area (Å²) >= 11 is 0. The van der Waals surface area contributed by atoms with Crippen LogP contribution < -0.4 is 5.73 Å². The van der Waals surface area contributed by atoms with Gasteiger partial charge in [0.05, 0.1) is 0 Å². The summed E-state index contributed by atoms with van der Waals surface area (Å²) in [5.41, 5.74) is 5.33. The number of carboxylic acids is 1. The molecule has 4 nitrogen and oxygen atoms in total. The molecule has 0 heterocycles. The molecule has 3 N–H and O–H groups in total. The second-order valence-corrected chi connectivity index (χ2v) is 4.11. The van der Waals surface area contributed by atoms with Crippen LogP contribution in [-0.4, -0.2) is 30.3 Å². The van der Waals surface area contributed by atoms with E-state index in [1.165, 1.54) is 32.1 Å². The van der Waals surface area contributed by atoms with Crippen LogP contribution in [0.1, 0.15) is 51.9 Å². The molecule has 0 saturated heterocycles. The van der Waals surface area contributed by atoms with Crippen molar-refractivity contribution < 1.29 is 14.6 Å². The van der Waals surface area contributed by atoms with Gasteiger partial charge in [0.1, 0.15) is 6.04 Å². The molecule has 0 aromatic heterocycles. The summed E-state index contributed by atoms with van der Waals surface area (Å²) in [6, 6.07) is -0.787. The highest BCUT2D eigenvalue weighted by Crippen LogP contribution is 2.05. The van der Waals surface area contributed by atoms with Gasteiger partial charge in [-0.2, -0.15) is 0 Å². The lowest BCUT2D eigenvalue weighted by Crippen LogP contribution is -2.31. The number of carboxylic acid groups (broad SMARTS) is 1. The van der Waals surface area contributed by atoms with Gasteiger partial charge in [0, 0.05) is 13.2 Å². The summed E-state index contributed by atoms with van der Waals surface area (Å²) in [7, 11) is 0. The van der Waals surface area contributed by atoms with E-state index in [1.807, 2.05) is 0 Å². The fourth-order valence-electron chi connectivity index (χ4n) is 1.42. The molecule has 0 spiro atoms. The van der Waals surface area contributed by atoms with E-state index in [9.17, 15) is 4.79 Å². The number of hydrogen-bond donors (Lipinski definition) is 2. The molecule has 0 aliphatic rings. The van der Waals surface area contributed by atoms with Crippen molar-refractivity contribution in [1.82, 2.24) is 0 Å². The maximum absolute atomic E-state index is 10.4. The Morgan fingerprint density at radius 2 is 1.81 bits per heavy atom. The molecular weight excluding hydrogens is 206 g/mol. The number of aliphatic carboxylic acids is 1. The minimum Gasteiger partial charge on any atom is -0.480 e. The Morgan fingerprint density at radius 1 is 1.19 bits per heavy atom. The summed E-state index contributed by atoms with van der Waals surface area (Å²) in [6.07, 6.45) is 7.81. The molecule has 0 rings (SSSR count). The quantitative estimate of drug-likeness (QED) is 0.534. The Balaban J connectivity index is 3.07. The van der Waals surface area contributed by atoms with Gasteiger partial charge in [0.15, 0.2) is 0 Å². The number of hydrogen-bond acceptors (Lipinski definition) is 3. The first-order valence-electron chi connectivity index (χ1n) is 6.24. The molecule has 1 unspecified atom stereocenters. The smallest absolute Gasteiger partial charge is 0.320 e. The fourth-order valence-corrected chi connectivity index (χ4v) is 1.42. The molecule has 0 saturated carbocycles. The molecule has 0 bridgehead atoms. The zero-order chi connectivity index (χ0) is 12.2. The molecule has 0 radical (unpaired) electrons. The molecular formula is C12H25NO3. The van der Waals surface area contributed by atoms with E-state index in [4.69, 9.17) is 15.6 Å². The zero-order valence-electron chi connectivity index (χ0n) is 10.3. The molecule has 1 atom stereocenters. The van der Waals surface area contributed by atoms with E-state index in [1.54, 1.807) is 0 Å². The number of nitrogens with two attached hydrogens (primary N) is 1. The van der Waals surface area contributed by atoms with Gasteiger partial charge in [0.2, 0.25) is 0 Å². The molecule has 0 aromatic carbocycles. The lowest BCUT2D eigenvalue weighted by Gasteiger charge is -2.07. The standard InChI is InChI=1S/C12H25NO3/c1-2-3-4-5-6-7-9-16-10-8-11(13)12(14)15/h11H,2-10,13H2,1H3,(H,14,15). The van der Waals surface area contributed by atoms with E-state index in [0.717, 1.165) is 13.0 Å². The zero-order valence-corrected chi connectivity index (χ0v) is 10.3. The van der Waals surface area contributed by atoms with Gasteiger partial charge < -0.3 is 15.6 Å². The highest BCUT2D eigenvalue weighted by Gasteiger charge is 2.09. The first-order valence-corrected chi connectivity index (χ1v) is 6.24. The Hall–Kier alpha value is -0.610. The van der Waals surface area contributed by atoms with E-state index < -0.39 is 12.0 Å². The summed E-state index contributed by atoms with van der Waals surface area (Å²) in [5.74, 6) is -0.955. The molecule has 0 aliphatic heterocycles. The predicted octanol–water partition coefficient (Wildman–Crippen LogP) is 2.17. The van der Waals surface area contributed by atoms with E-state index in [-0.39, 0.29) is 0 Å². The molecule has 0 amide bonds. The fraction of sp³-hybridized carbons (Fsp3) is 0.917. The van der Waals surface area contributed by atoms with Gasteiger partial charge in [-0.3, -0.25) is 4.79 Å². The number of unbranched alkanes of at least 4 members (excludes halogenated alkanes) is 5. The maximum atomic E-state index is 10.4. The van der Waals surface area contributed by atoms with Gasteiger partial charge >= 0.3 is 5.97 Å². The van der Waals surface area contributed by atoms with Crippen LogP contribution in [0.15, 0.2) is 0 Å². The van der Waals surface area contributed by atoms with Crippen LogP contribution in [0.4, 0.5) is 0 Å². The number of carbonyl (C=O) groups is 1. The molecule has 0 fully saturated rings. The first-order chi connectivity index (χ1) is 7.68. The Kier molecular flexibility index (Phi) is 10.5. The van der Waals surface area contributed by atoms with Crippen LogP contribution >= 0.6 is 0 Å². The van der Waals surface area contributed by atoms with Crippen LogP contribution in [0.2, 0.25) is 0 Å². The lowest BCUT2D eigenvalue weighted by molar-refractivity contribution is -0.139. The van der Waals surface area contributed by atoms with Gasteiger partial charge in [-0.05, 0) is 12.8 Å². The summed E-state index contributed by atoms with van der Waals surface area (Å²) in [6.45, 7) is 3.37. The normalized spacial score (nSPS) is 12.6. The second-order valence-electron chi connectivity index (χ2n) is 4.11. The van der Waals surface area contributed by atoms with Gasteiger partial charge in [0.25, 0.3) is 0 Å². The largest absolute Gasteiger partial charge is 0.480 e. The van der Waals surface area contributed by atoms with Crippen molar-refractivity contribution in [2.75, 3.05) is 13.2 Å². The second kappa shape index (κ2) is 10.9. The molecule has 16 heavy (non-hydrogen) atoms. The minimum absolute atomic E-state index is 0.394. The van der Waals surface area contributed by atoms with Crippen molar-refractivity contribution in [3.63, 3.8) is 0 Å². The third-order valence-electron chi connectivity index (χ3n) is 2.53. The molecule has 0 aromatic rings. The summed E-state index contributed by atoms with van der Waals surface area (Å²) < 4.78 is 5.32. The van der Waals surface area contributed by atoms with Crippen LogP contribution in [0.5, 0.6) is 0 Å². The van der Waals surface area contributed by atoms with Crippen LogP contribution in [0.3, 0.4) is 0 Å². The predicted molar refractivity (Wildman–Crippen MR) is 64.4 cm³/mol. The molecule has 4 heteroatoms. The van der Waals surface area contributed by atoms with E-state index in [2.05, 4.69) is 6.92 Å². The SMILES string of the molecule is CCCCCCCCOCCC(N)C(=O)O. The van der Waals surface area contributed by atoms with Crippen molar-refractivity contribution in [2.45, 2.75) is 57.9 Å². The Morgan fingerprint density at radius 3 is 2.44 bits per heavy atom. The Labute approximate surface area is 98.2 Å². The third kappa shape index (κ3) is 9.93. The van der Waals surface area contributed by atoms with Gasteiger partial charge in [-0.25, -0.2) is 0 Å². The van der Waals surface area contributed by atoms with E-state index in [0.29, 0.717) is 13.0 Å². The monoisotopic (exact) mass is 231 g/mol. The average molecular weight is 231 g/mol. The number of rotatable bonds is 11. The van der Waals surface area contributed by atoms with E-state index >= 15 is 0 Å². The summed E-state index contributed by atoms with van der Waals surface area (Å²) in [5, 5.41) is 8.52. The minimum atomic E-state index is -0.955. The van der Waals surface area contributed by atoms with Crippen LogP contribution in [0.25, 0.3) is 0 Å². The first kappa shape index (κ1) is 15.4.